The normalized spacial score (nSPS) is 16.3. The van der Waals surface area contributed by atoms with Gasteiger partial charge in [-0.05, 0) is 44.0 Å². The van der Waals surface area contributed by atoms with E-state index < -0.39 is 5.91 Å². The number of para-hydroxylation sites is 1. The molecule has 1 fully saturated rings. The van der Waals surface area contributed by atoms with Crippen molar-refractivity contribution in [2.75, 3.05) is 18.5 Å². The molecule has 0 saturated carbocycles. The number of carbonyl (C=O) groups excluding carboxylic acids is 1. The van der Waals surface area contributed by atoms with E-state index in [-0.39, 0.29) is 37.5 Å². The van der Waals surface area contributed by atoms with E-state index in [4.69, 9.17) is 10.5 Å². The van der Waals surface area contributed by atoms with Gasteiger partial charge in [0.2, 0.25) is 0 Å². The minimum Gasteiger partial charge on any atom is -0.481 e. The number of hydrogen-bond donors (Lipinski definition) is 3. The van der Waals surface area contributed by atoms with Gasteiger partial charge in [0, 0.05) is 22.8 Å². The van der Waals surface area contributed by atoms with Gasteiger partial charge >= 0.3 is 0 Å². The number of benzene rings is 2. The van der Waals surface area contributed by atoms with Gasteiger partial charge in [-0.3, -0.25) is 4.79 Å². The molecule has 6 nitrogen and oxygen atoms in total. The van der Waals surface area contributed by atoms with Crippen LogP contribution in [-0.4, -0.2) is 30.1 Å². The molecule has 2 atom stereocenters. The van der Waals surface area contributed by atoms with Crippen LogP contribution < -0.4 is 21.1 Å². The highest BCUT2D eigenvalue weighted by Gasteiger charge is 2.25. The molecule has 1 amide bonds. The predicted molar refractivity (Wildman–Crippen MR) is 134 cm³/mol. The molecule has 0 aliphatic carbocycles. The number of carbonyl (C=O) groups is 1. The third kappa shape index (κ3) is 6.03. The molecular weight excluding hydrogens is 447 g/mol. The van der Waals surface area contributed by atoms with Crippen LogP contribution in [0.4, 0.5) is 5.69 Å². The summed E-state index contributed by atoms with van der Waals surface area (Å²) in [5.74, 6) is 0.0515. The van der Waals surface area contributed by atoms with Crippen LogP contribution in [0.1, 0.15) is 36.6 Å². The van der Waals surface area contributed by atoms with Crippen molar-refractivity contribution < 1.29 is 9.53 Å². The first kappa shape index (κ1) is 25.7. The summed E-state index contributed by atoms with van der Waals surface area (Å²) >= 11 is 0. The van der Waals surface area contributed by atoms with Crippen molar-refractivity contribution in [1.82, 2.24) is 10.3 Å². The number of pyridine rings is 1. The van der Waals surface area contributed by atoms with Crippen LogP contribution in [0.5, 0.6) is 5.75 Å². The van der Waals surface area contributed by atoms with E-state index >= 15 is 0 Å². The maximum Gasteiger partial charge on any atom is 0.255 e. The Hall–Kier alpha value is -2.54. The summed E-state index contributed by atoms with van der Waals surface area (Å²) in [5.41, 5.74) is 9.11. The van der Waals surface area contributed by atoms with Crippen molar-refractivity contribution in [3.8, 4) is 5.75 Å². The number of rotatable bonds is 7. The van der Waals surface area contributed by atoms with Gasteiger partial charge in [0.1, 0.15) is 11.3 Å². The number of primary amides is 1. The number of hydrogen-bond acceptors (Lipinski definition) is 5. The second-order valence-corrected chi connectivity index (χ2v) is 7.81. The minimum absolute atomic E-state index is 0. The van der Waals surface area contributed by atoms with Crippen LogP contribution in [-0.2, 0) is 4.79 Å². The van der Waals surface area contributed by atoms with Gasteiger partial charge in [-0.15, -0.1) is 24.8 Å². The lowest BCUT2D eigenvalue weighted by Crippen LogP contribution is -2.41. The second-order valence-electron chi connectivity index (χ2n) is 7.81. The van der Waals surface area contributed by atoms with Crippen molar-refractivity contribution in [2.24, 2.45) is 5.73 Å². The zero-order valence-corrected chi connectivity index (χ0v) is 19.7. The van der Waals surface area contributed by atoms with Gasteiger partial charge in [-0.25, -0.2) is 4.98 Å². The van der Waals surface area contributed by atoms with Crippen molar-refractivity contribution in [2.45, 2.75) is 38.3 Å². The average molecular weight is 477 g/mol. The second kappa shape index (κ2) is 11.9. The van der Waals surface area contributed by atoms with Gasteiger partial charge in [-0.2, -0.15) is 0 Å². The number of nitrogens with zero attached hydrogens (tertiary/aromatic N) is 1. The van der Waals surface area contributed by atoms with E-state index in [0.717, 1.165) is 35.2 Å². The molecule has 0 unspecified atom stereocenters. The quantitative estimate of drug-likeness (QED) is 0.465. The molecule has 1 aliphatic heterocycles. The molecule has 1 aromatic heterocycles. The first-order valence-electron chi connectivity index (χ1n) is 10.5. The number of piperidine rings is 1. The van der Waals surface area contributed by atoms with Crippen molar-refractivity contribution >= 4 is 47.3 Å². The summed E-state index contributed by atoms with van der Waals surface area (Å²) in [6.45, 7) is 2.83. The molecule has 2 aromatic carbocycles. The van der Waals surface area contributed by atoms with E-state index in [1.165, 1.54) is 18.4 Å². The smallest absolute Gasteiger partial charge is 0.255 e. The van der Waals surface area contributed by atoms with Crippen LogP contribution in [0, 0.1) is 6.92 Å². The Labute approximate surface area is 201 Å². The Balaban J connectivity index is 0.00000181. The van der Waals surface area contributed by atoms with Crippen LogP contribution in [0.25, 0.3) is 10.9 Å². The lowest BCUT2D eigenvalue weighted by molar-refractivity contribution is -0.119. The van der Waals surface area contributed by atoms with Crippen LogP contribution in [0.3, 0.4) is 0 Å². The zero-order valence-electron chi connectivity index (χ0n) is 18.0. The van der Waals surface area contributed by atoms with Crippen molar-refractivity contribution in [3.63, 3.8) is 0 Å². The third-order valence-electron chi connectivity index (χ3n) is 5.52. The average Bonchev–Trinajstić information content (AvgIpc) is 2.77. The Kier molecular flexibility index (Phi) is 9.57. The molecule has 0 spiro atoms. The van der Waals surface area contributed by atoms with Crippen LogP contribution >= 0.6 is 24.8 Å². The lowest BCUT2D eigenvalue weighted by Gasteiger charge is -2.33. The zero-order chi connectivity index (χ0) is 20.9. The highest BCUT2D eigenvalue weighted by atomic mass is 35.5. The van der Waals surface area contributed by atoms with E-state index in [9.17, 15) is 4.79 Å². The number of aryl methyl sites for hydroxylation is 1. The number of nitrogens with one attached hydrogen (secondary N) is 2. The molecule has 0 radical (unpaired) electrons. The minimum atomic E-state index is -0.509. The maximum absolute atomic E-state index is 11.2. The van der Waals surface area contributed by atoms with Gasteiger partial charge in [0.25, 0.3) is 5.91 Å². The van der Waals surface area contributed by atoms with Gasteiger partial charge in [0.15, 0.2) is 6.61 Å². The maximum atomic E-state index is 11.2. The number of anilines is 1. The van der Waals surface area contributed by atoms with E-state index in [2.05, 4.69) is 45.9 Å². The molecule has 8 heteroatoms. The van der Waals surface area contributed by atoms with Crippen molar-refractivity contribution in [3.05, 3.63) is 65.9 Å². The number of amides is 1. The fourth-order valence-electron chi connectivity index (χ4n) is 4.14. The lowest BCUT2D eigenvalue weighted by atomic mass is 9.92. The third-order valence-corrected chi connectivity index (χ3v) is 5.52. The van der Waals surface area contributed by atoms with E-state index in [1.54, 1.807) is 0 Å². The molecule has 3 aromatic rings. The monoisotopic (exact) mass is 476 g/mol. The molecule has 4 N–H and O–H groups in total. The van der Waals surface area contributed by atoms with Crippen molar-refractivity contribution in [1.29, 1.82) is 0 Å². The van der Waals surface area contributed by atoms with Crippen LogP contribution in [0.15, 0.2) is 54.6 Å². The summed E-state index contributed by atoms with van der Waals surface area (Å²) in [7, 11) is 0. The Morgan fingerprint density at radius 1 is 1.19 bits per heavy atom. The summed E-state index contributed by atoms with van der Waals surface area (Å²) in [4.78, 5) is 15.9. The SMILES string of the molecule is Cc1cc(N[C@@H](c2ccccc2)[C@@H]2CCCCN2)c2cccc(OCC(N)=O)c2n1.Cl.Cl. The molecule has 32 heavy (non-hydrogen) atoms. The molecule has 1 aliphatic rings. The number of fused-ring (bicyclic) bond motifs is 1. The predicted octanol–water partition coefficient (Wildman–Crippen LogP) is 4.55. The Morgan fingerprint density at radius 3 is 2.66 bits per heavy atom. The topological polar surface area (TPSA) is 89.3 Å². The van der Waals surface area contributed by atoms with E-state index in [1.807, 2.05) is 31.2 Å². The largest absolute Gasteiger partial charge is 0.481 e. The first-order chi connectivity index (χ1) is 14.6. The molecule has 4 rings (SSSR count). The summed E-state index contributed by atoms with van der Waals surface area (Å²) < 4.78 is 5.62. The van der Waals surface area contributed by atoms with Gasteiger partial charge in [-0.1, -0.05) is 48.9 Å². The Bertz CT molecular complexity index is 1030. The number of aromatic nitrogens is 1. The summed E-state index contributed by atoms with van der Waals surface area (Å²) in [6, 6.07) is 18.9. The van der Waals surface area contributed by atoms with Gasteiger partial charge in [0.05, 0.1) is 6.04 Å². The number of halogens is 2. The molecule has 2 heterocycles. The fraction of sp³-hybridized carbons (Fsp3) is 0.333. The Morgan fingerprint density at radius 2 is 1.97 bits per heavy atom. The summed E-state index contributed by atoms with van der Waals surface area (Å²) in [6.07, 6.45) is 3.57. The van der Waals surface area contributed by atoms with Gasteiger partial charge < -0.3 is 21.1 Å². The highest BCUT2D eigenvalue weighted by molar-refractivity contribution is 5.95. The molecule has 1 saturated heterocycles. The highest BCUT2D eigenvalue weighted by Crippen LogP contribution is 2.34. The molecule has 0 bridgehead atoms. The summed E-state index contributed by atoms with van der Waals surface area (Å²) in [5, 5.41) is 8.44. The standard InChI is InChI=1S/C24H28N4O2.2ClH/c1-16-14-20(18-10-7-12-21(24(18)27-16)30-15-22(25)29)28-23(17-8-3-2-4-9-17)19-11-5-6-13-26-19;;/h2-4,7-10,12,14,19,23,26H,5-6,11,13,15H2,1H3,(H2,25,29)(H,27,28);2*1H/t19-,23-;;/m0../s1. The fourth-order valence-corrected chi connectivity index (χ4v) is 4.14. The first-order valence-corrected chi connectivity index (χ1v) is 10.5. The number of nitrogens with two attached hydrogens (primary N) is 1. The number of ether oxygens (including phenoxy) is 1. The van der Waals surface area contributed by atoms with E-state index in [0.29, 0.717) is 11.8 Å². The molecule has 172 valence electrons. The van der Waals surface area contributed by atoms with Crippen LogP contribution in [0.2, 0.25) is 0 Å². The molecular formula is C24H30Cl2N4O2.